The summed E-state index contributed by atoms with van der Waals surface area (Å²) in [6.45, 7) is 1.59. The van der Waals surface area contributed by atoms with E-state index in [1.165, 1.54) is 17.1 Å². The third-order valence-corrected chi connectivity index (χ3v) is 4.79. The maximum Gasteiger partial charge on any atom is 0.306 e. The van der Waals surface area contributed by atoms with Gasteiger partial charge in [0.05, 0.1) is 5.92 Å². The largest absolute Gasteiger partial charge is 0.481 e. The monoisotopic (exact) mass is 363 g/mol. The van der Waals surface area contributed by atoms with Crippen LogP contribution in [0.2, 0.25) is 0 Å². The summed E-state index contributed by atoms with van der Waals surface area (Å²) in [7, 11) is 0. The third-order valence-electron chi connectivity index (χ3n) is 4.79. The summed E-state index contributed by atoms with van der Waals surface area (Å²) < 4.78 is 0. The van der Waals surface area contributed by atoms with Crippen LogP contribution in [0.4, 0.5) is 0 Å². The van der Waals surface area contributed by atoms with Gasteiger partial charge in [0, 0.05) is 18.2 Å². The maximum atomic E-state index is 12.1. The van der Waals surface area contributed by atoms with Crippen LogP contribution in [-0.2, 0) is 20.8 Å². The number of rotatable bonds is 7. The van der Waals surface area contributed by atoms with Crippen molar-refractivity contribution in [1.82, 2.24) is 4.90 Å². The van der Waals surface area contributed by atoms with Crippen LogP contribution in [0.1, 0.15) is 18.9 Å². The van der Waals surface area contributed by atoms with Gasteiger partial charge >= 0.3 is 5.97 Å². The molecule has 0 saturated heterocycles. The number of aliphatic carboxylic acids is 1. The number of carboxylic acid groups (broad SMARTS) is 1. The van der Waals surface area contributed by atoms with Crippen molar-refractivity contribution >= 4 is 17.8 Å². The number of amides is 2. The molecule has 0 bridgehead atoms. The second-order valence-electron chi connectivity index (χ2n) is 6.78. The molecule has 0 unspecified atom stereocenters. The van der Waals surface area contributed by atoms with E-state index in [4.69, 9.17) is 0 Å². The summed E-state index contributed by atoms with van der Waals surface area (Å²) in [5.74, 6) is -2.36. The summed E-state index contributed by atoms with van der Waals surface area (Å²) in [6.07, 6.45) is 3.11. The van der Waals surface area contributed by atoms with E-state index in [1.54, 1.807) is 6.92 Å². The summed E-state index contributed by atoms with van der Waals surface area (Å²) in [6, 6.07) is 17.4. The van der Waals surface area contributed by atoms with Crippen molar-refractivity contribution in [3.63, 3.8) is 0 Å². The van der Waals surface area contributed by atoms with E-state index in [2.05, 4.69) is 0 Å². The predicted molar refractivity (Wildman–Crippen MR) is 102 cm³/mol. The molecule has 2 atom stereocenters. The molecule has 5 heteroatoms. The Morgan fingerprint density at radius 3 is 2.04 bits per heavy atom. The van der Waals surface area contributed by atoms with Crippen LogP contribution in [0.15, 0.2) is 66.7 Å². The van der Waals surface area contributed by atoms with Crippen molar-refractivity contribution in [2.45, 2.75) is 25.8 Å². The van der Waals surface area contributed by atoms with Crippen molar-refractivity contribution in [2.75, 3.05) is 0 Å². The van der Waals surface area contributed by atoms with Crippen molar-refractivity contribution in [2.24, 2.45) is 5.92 Å². The minimum atomic E-state index is -0.938. The third kappa shape index (κ3) is 4.31. The molecule has 27 heavy (non-hydrogen) atoms. The Labute approximate surface area is 157 Å². The van der Waals surface area contributed by atoms with Gasteiger partial charge in [0.2, 0.25) is 0 Å². The Balaban J connectivity index is 1.80. The second kappa shape index (κ2) is 7.99. The number of imide groups is 1. The lowest BCUT2D eigenvalue weighted by molar-refractivity contribution is -0.145. The van der Waals surface area contributed by atoms with Gasteiger partial charge in [-0.05, 0) is 29.5 Å². The van der Waals surface area contributed by atoms with E-state index in [9.17, 15) is 19.5 Å². The Morgan fingerprint density at radius 2 is 1.48 bits per heavy atom. The SMILES string of the molecule is C[C@H](C[C@@H](Cc1ccc(-c2ccccc2)cc1)N1C(=O)C=CC1=O)C(=O)O. The van der Waals surface area contributed by atoms with E-state index in [1.807, 2.05) is 54.6 Å². The highest BCUT2D eigenvalue weighted by Gasteiger charge is 2.33. The van der Waals surface area contributed by atoms with Gasteiger partial charge in [-0.15, -0.1) is 0 Å². The van der Waals surface area contributed by atoms with E-state index in [0.717, 1.165) is 16.7 Å². The Kier molecular flexibility index (Phi) is 5.50. The Bertz CT molecular complexity index is 853. The predicted octanol–water partition coefficient (Wildman–Crippen LogP) is 3.30. The normalized spacial score (nSPS) is 15.8. The van der Waals surface area contributed by atoms with Gasteiger partial charge in [-0.3, -0.25) is 19.3 Å². The van der Waals surface area contributed by atoms with Gasteiger partial charge in [-0.2, -0.15) is 0 Å². The number of hydrogen-bond acceptors (Lipinski definition) is 3. The van der Waals surface area contributed by atoms with E-state index in [0.29, 0.717) is 6.42 Å². The number of carboxylic acids is 1. The summed E-state index contributed by atoms with van der Waals surface area (Å²) in [5, 5.41) is 9.23. The zero-order valence-electron chi connectivity index (χ0n) is 15.0. The van der Waals surface area contributed by atoms with Crippen LogP contribution in [0.25, 0.3) is 11.1 Å². The Hall–Kier alpha value is -3.21. The van der Waals surface area contributed by atoms with Crippen molar-refractivity contribution in [3.05, 3.63) is 72.3 Å². The molecule has 0 aliphatic carbocycles. The molecule has 0 aromatic heterocycles. The first-order valence-electron chi connectivity index (χ1n) is 8.88. The molecule has 1 N–H and O–H groups in total. The lowest BCUT2D eigenvalue weighted by Crippen LogP contribution is -2.43. The number of benzene rings is 2. The topological polar surface area (TPSA) is 74.7 Å². The van der Waals surface area contributed by atoms with Crippen LogP contribution in [0.5, 0.6) is 0 Å². The van der Waals surface area contributed by atoms with Gasteiger partial charge in [0.15, 0.2) is 0 Å². The quantitative estimate of drug-likeness (QED) is 0.766. The first kappa shape index (κ1) is 18.6. The molecule has 2 aromatic carbocycles. The molecule has 0 fully saturated rings. The standard InChI is InChI=1S/C22H21NO4/c1-15(22(26)27)13-19(23-20(24)11-12-21(23)25)14-16-7-9-18(10-8-16)17-5-3-2-4-6-17/h2-12,15,19H,13-14H2,1H3,(H,26,27)/t15-,19+/m1/s1. The average Bonchev–Trinajstić information content (AvgIpc) is 3.00. The van der Waals surface area contributed by atoms with Crippen LogP contribution in [0, 0.1) is 5.92 Å². The molecular formula is C22H21NO4. The molecule has 0 radical (unpaired) electrons. The number of nitrogens with zero attached hydrogens (tertiary/aromatic N) is 1. The molecule has 138 valence electrons. The fraction of sp³-hybridized carbons (Fsp3) is 0.227. The summed E-state index contributed by atoms with van der Waals surface area (Å²) in [4.78, 5) is 36.6. The second-order valence-corrected chi connectivity index (χ2v) is 6.78. The van der Waals surface area contributed by atoms with E-state index >= 15 is 0 Å². The first-order valence-corrected chi connectivity index (χ1v) is 8.88. The highest BCUT2D eigenvalue weighted by atomic mass is 16.4. The smallest absolute Gasteiger partial charge is 0.306 e. The average molecular weight is 363 g/mol. The molecule has 1 aliphatic rings. The molecule has 1 heterocycles. The zero-order chi connectivity index (χ0) is 19.4. The number of carbonyl (C=O) groups excluding carboxylic acids is 2. The summed E-state index contributed by atoms with van der Waals surface area (Å²) in [5.41, 5.74) is 3.13. The molecule has 2 aromatic rings. The van der Waals surface area contributed by atoms with Crippen molar-refractivity contribution in [1.29, 1.82) is 0 Å². The van der Waals surface area contributed by atoms with Crippen LogP contribution in [-0.4, -0.2) is 33.8 Å². The van der Waals surface area contributed by atoms with Crippen molar-refractivity contribution < 1.29 is 19.5 Å². The van der Waals surface area contributed by atoms with E-state index in [-0.39, 0.29) is 18.2 Å². The van der Waals surface area contributed by atoms with Gasteiger partial charge in [0.1, 0.15) is 0 Å². The lowest BCUT2D eigenvalue weighted by atomic mass is 9.94. The number of hydrogen-bond donors (Lipinski definition) is 1. The maximum absolute atomic E-state index is 12.1. The minimum Gasteiger partial charge on any atom is -0.481 e. The molecule has 0 saturated carbocycles. The van der Waals surface area contributed by atoms with Crippen LogP contribution in [0.3, 0.4) is 0 Å². The van der Waals surface area contributed by atoms with Gasteiger partial charge in [-0.1, -0.05) is 61.5 Å². The summed E-state index contributed by atoms with van der Waals surface area (Å²) >= 11 is 0. The highest BCUT2D eigenvalue weighted by molar-refractivity contribution is 6.13. The fourth-order valence-electron chi connectivity index (χ4n) is 3.30. The van der Waals surface area contributed by atoms with Crippen LogP contribution < -0.4 is 0 Å². The van der Waals surface area contributed by atoms with Crippen LogP contribution >= 0.6 is 0 Å². The molecule has 0 spiro atoms. The van der Waals surface area contributed by atoms with Gasteiger partial charge in [-0.25, -0.2) is 0 Å². The van der Waals surface area contributed by atoms with E-state index < -0.39 is 17.9 Å². The molecule has 2 amide bonds. The minimum absolute atomic E-state index is 0.217. The number of carbonyl (C=O) groups is 3. The zero-order valence-corrected chi connectivity index (χ0v) is 15.0. The molecule has 1 aliphatic heterocycles. The molecule has 5 nitrogen and oxygen atoms in total. The fourth-order valence-corrected chi connectivity index (χ4v) is 3.30. The van der Waals surface area contributed by atoms with Gasteiger partial charge in [0.25, 0.3) is 11.8 Å². The molecular weight excluding hydrogens is 342 g/mol. The van der Waals surface area contributed by atoms with Gasteiger partial charge < -0.3 is 5.11 Å². The first-order chi connectivity index (χ1) is 13.0. The Morgan fingerprint density at radius 1 is 0.926 bits per heavy atom. The lowest BCUT2D eigenvalue weighted by Gasteiger charge is -2.27. The van der Waals surface area contributed by atoms with Crippen molar-refractivity contribution in [3.8, 4) is 11.1 Å². The molecule has 3 rings (SSSR count). The highest BCUT2D eigenvalue weighted by Crippen LogP contribution is 2.23.